The molecular formula is C19H18Cl2N4O2. The van der Waals surface area contributed by atoms with E-state index in [-0.39, 0.29) is 18.5 Å². The number of aromatic nitrogens is 2. The summed E-state index contributed by atoms with van der Waals surface area (Å²) in [5.74, 6) is 0.610. The van der Waals surface area contributed by atoms with E-state index < -0.39 is 0 Å². The molecule has 0 aliphatic rings. The van der Waals surface area contributed by atoms with E-state index in [0.29, 0.717) is 27.5 Å². The summed E-state index contributed by atoms with van der Waals surface area (Å²) in [6, 6.07) is 14.0. The van der Waals surface area contributed by atoms with Gasteiger partial charge in [0, 0.05) is 10.6 Å². The highest BCUT2D eigenvalue weighted by atomic mass is 35.5. The van der Waals surface area contributed by atoms with Crippen LogP contribution in [0.5, 0.6) is 0 Å². The van der Waals surface area contributed by atoms with E-state index in [9.17, 15) is 4.79 Å². The summed E-state index contributed by atoms with van der Waals surface area (Å²) >= 11 is 12.1. The maximum Gasteiger partial charge on any atom is 0.247 e. The van der Waals surface area contributed by atoms with Gasteiger partial charge < -0.3 is 9.73 Å². The third-order valence-electron chi connectivity index (χ3n) is 4.07. The fourth-order valence-corrected chi connectivity index (χ4v) is 2.82. The molecule has 6 nitrogen and oxygen atoms in total. The van der Waals surface area contributed by atoms with Crippen LogP contribution in [0, 0.1) is 0 Å². The molecule has 1 N–H and O–H groups in total. The Hall–Kier alpha value is -2.41. The van der Waals surface area contributed by atoms with Crippen LogP contribution in [0.25, 0.3) is 11.5 Å². The summed E-state index contributed by atoms with van der Waals surface area (Å²) in [5.41, 5.74) is 1.32. The average Bonchev–Trinajstić information content (AvgIpc) is 3.13. The number of amides is 1. The second-order valence-electron chi connectivity index (χ2n) is 6.07. The third kappa shape index (κ3) is 4.86. The summed E-state index contributed by atoms with van der Waals surface area (Å²) in [7, 11) is 1.81. The van der Waals surface area contributed by atoms with Gasteiger partial charge in [0.2, 0.25) is 17.7 Å². The van der Waals surface area contributed by atoms with E-state index >= 15 is 0 Å². The smallest absolute Gasteiger partial charge is 0.247 e. The molecule has 1 aromatic heterocycles. The molecule has 0 saturated heterocycles. The number of hydrogen-bond donors (Lipinski definition) is 1. The van der Waals surface area contributed by atoms with Crippen molar-refractivity contribution in [2.45, 2.75) is 13.0 Å². The van der Waals surface area contributed by atoms with E-state index in [1.165, 1.54) is 0 Å². The Morgan fingerprint density at radius 2 is 1.96 bits per heavy atom. The van der Waals surface area contributed by atoms with Crippen molar-refractivity contribution in [3.63, 3.8) is 0 Å². The Morgan fingerprint density at radius 1 is 1.19 bits per heavy atom. The van der Waals surface area contributed by atoms with Crippen molar-refractivity contribution >= 4 is 34.8 Å². The van der Waals surface area contributed by atoms with Crippen molar-refractivity contribution in [3.8, 4) is 11.5 Å². The molecule has 140 valence electrons. The molecular weight excluding hydrogens is 387 g/mol. The number of anilines is 1. The zero-order valence-electron chi connectivity index (χ0n) is 14.8. The number of hydrogen-bond acceptors (Lipinski definition) is 5. The minimum atomic E-state index is -0.248. The van der Waals surface area contributed by atoms with Crippen molar-refractivity contribution in [2.75, 3.05) is 18.9 Å². The molecule has 3 rings (SSSR count). The van der Waals surface area contributed by atoms with Gasteiger partial charge in [0.15, 0.2) is 0 Å². The number of nitrogens with one attached hydrogen (secondary N) is 1. The van der Waals surface area contributed by atoms with Crippen LogP contribution >= 0.6 is 23.2 Å². The molecule has 0 bridgehead atoms. The Balaban J connectivity index is 1.64. The van der Waals surface area contributed by atoms with Gasteiger partial charge >= 0.3 is 0 Å². The van der Waals surface area contributed by atoms with E-state index in [0.717, 1.165) is 5.56 Å². The highest BCUT2D eigenvalue weighted by Gasteiger charge is 2.21. The van der Waals surface area contributed by atoms with Crippen LogP contribution in [0.15, 0.2) is 52.9 Å². The average molecular weight is 405 g/mol. The summed E-state index contributed by atoms with van der Waals surface area (Å²) in [6.07, 6.45) is 0. The molecule has 0 aliphatic heterocycles. The summed E-state index contributed by atoms with van der Waals surface area (Å²) < 4.78 is 5.75. The monoisotopic (exact) mass is 404 g/mol. The molecule has 0 aliphatic carbocycles. The fraction of sp³-hybridized carbons (Fsp3) is 0.211. The molecule has 27 heavy (non-hydrogen) atoms. The van der Waals surface area contributed by atoms with Gasteiger partial charge in [-0.15, -0.1) is 10.2 Å². The van der Waals surface area contributed by atoms with E-state index in [2.05, 4.69) is 15.5 Å². The van der Waals surface area contributed by atoms with Gasteiger partial charge in [-0.3, -0.25) is 9.69 Å². The molecule has 2 aromatic carbocycles. The van der Waals surface area contributed by atoms with Crippen molar-refractivity contribution in [3.05, 3.63) is 64.5 Å². The molecule has 1 atom stereocenters. The van der Waals surface area contributed by atoms with Gasteiger partial charge in [0.25, 0.3) is 0 Å². The predicted octanol–water partition coefficient (Wildman–Crippen LogP) is 4.67. The van der Waals surface area contributed by atoms with Crippen LogP contribution in [0.4, 0.5) is 5.69 Å². The number of rotatable bonds is 6. The third-order valence-corrected chi connectivity index (χ3v) is 4.64. The molecule has 0 saturated carbocycles. The normalized spacial score (nSPS) is 12.2. The van der Waals surface area contributed by atoms with Crippen LogP contribution in [0.3, 0.4) is 0 Å². The highest BCUT2D eigenvalue weighted by Crippen LogP contribution is 2.25. The SMILES string of the molecule is C[C@@H](c1nnc(-c2cccc(Cl)c2)o1)N(C)CC(=O)Nc1ccccc1Cl. The number of benzene rings is 2. The minimum Gasteiger partial charge on any atom is -0.419 e. The standard InChI is InChI=1S/C19H18Cl2N4O2/c1-12(18-23-24-19(27-18)13-6-5-7-14(20)10-13)25(2)11-17(26)22-16-9-4-3-8-15(16)21/h3-10,12H,11H2,1-2H3,(H,22,26)/t12-/m0/s1. The molecule has 0 fully saturated rings. The molecule has 0 spiro atoms. The van der Waals surface area contributed by atoms with Crippen LogP contribution < -0.4 is 5.32 Å². The van der Waals surface area contributed by atoms with Gasteiger partial charge in [0.1, 0.15) is 0 Å². The zero-order chi connectivity index (χ0) is 19.4. The Labute approximate surface area is 167 Å². The molecule has 1 heterocycles. The highest BCUT2D eigenvalue weighted by molar-refractivity contribution is 6.33. The minimum absolute atomic E-state index is 0.140. The van der Waals surface area contributed by atoms with E-state index in [1.807, 2.05) is 25.1 Å². The van der Waals surface area contributed by atoms with Crippen LogP contribution in [-0.2, 0) is 4.79 Å². The Morgan fingerprint density at radius 3 is 2.70 bits per heavy atom. The number of carbonyl (C=O) groups excluding carboxylic acids is 1. The number of para-hydroxylation sites is 1. The van der Waals surface area contributed by atoms with Gasteiger partial charge in [-0.25, -0.2) is 0 Å². The number of nitrogens with zero attached hydrogens (tertiary/aromatic N) is 3. The lowest BCUT2D eigenvalue weighted by Crippen LogP contribution is -2.32. The van der Waals surface area contributed by atoms with Gasteiger partial charge in [-0.05, 0) is 44.3 Å². The molecule has 8 heteroatoms. The first-order valence-corrected chi connectivity index (χ1v) is 9.03. The largest absolute Gasteiger partial charge is 0.419 e. The van der Waals surface area contributed by atoms with Crippen molar-refractivity contribution in [2.24, 2.45) is 0 Å². The number of halogens is 2. The first kappa shape index (κ1) is 19.4. The second kappa shape index (κ2) is 8.52. The first-order chi connectivity index (χ1) is 12.9. The molecule has 1 amide bonds. The Bertz CT molecular complexity index is 945. The molecule has 0 radical (unpaired) electrons. The summed E-state index contributed by atoms with van der Waals surface area (Å²) in [4.78, 5) is 14.1. The predicted molar refractivity (Wildman–Crippen MR) is 106 cm³/mol. The first-order valence-electron chi connectivity index (χ1n) is 8.28. The molecule has 0 unspecified atom stereocenters. The Kier molecular flexibility index (Phi) is 6.11. The molecule has 3 aromatic rings. The van der Waals surface area contributed by atoms with Gasteiger partial charge in [-0.2, -0.15) is 0 Å². The van der Waals surface area contributed by atoms with Crippen molar-refractivity contribution in [1.82, 2.24) is 15.1 Å². The van der Waals surface area contributed by atoms with Crippen LogP contribution in [0.1, 0.15) is 18.9 Å². The number of likely N-dealkylation sites (N-methyl/N-ethyl adjacent to an activating group) is 1. The van der Waals surface area contributed by atoms with E-state index in [1.54, 1.807) is 42.3 Å². The lowest BCUT2D eigenvalue weighted by atomic mass is 10.2. The quantitative estimate of drug-likeness (QED) is 0.645. The van der Waals surface area contributed by atoms with Crippen molar-refractivity contribution < 1.29 is 9.21 Å². The second-order valence-corrected chi connectivity index (χ2v) is 6.92. The van der Waals surface area contributed by atoms with Crippen LogP contribution in [0.2, 0.25) is 10.0 Å². The number of carbonyl (C=O) groups is 1. The topological polar surface area (TPSA) is 71.3 Å². The lowest BCUT2D eigenvalue weighted by molar-refractivity contribution is -0.117. The summed E-state index contributed by atoms with van der Waals surface area (Å²) in [5, 5.41) is 12.0. The lowest BCUT2D eigenvalue weighted by Gasteiger charge is -2.21. The van der Waals surface area contributed by atoms with Crippen molar-refractivity contribution in [1.29, 1.82) is 0 Å². The van der Waals surface area contributed by atoms with Gasteiger partial charge in [-0.1, -0.05) is 41.4 Å². The maximum atomic E-state index is 12.3. The summed E-state index contributed by atoms with van der Waals surface area (Å²) in [6.45, 7) is 2.03. The van der Waals surface area contributed by atoms with E-state index in [4.69, 9.17) is 27.6 Å². The fourth-order valence-electron chi connectivity index (χ4n) is 2.45. The maximum absolute atomic E-state index is 12.3. The van der Waals surface area contributed by atoms with Gasteiger partial charge in [0.05, 0.1) is 23.3 Å². The van der Waals surface area contributed by atoms with Crippen LogP contribution in [-0.4, -0.2) is 34.6 Å². The zero-order valence-corrected chi connectivity index (χ0v) is 16.3.